The van der Waals surface area contributed by atoms with Gasteiger partial charge in [-0.05, 0) is 49.4 Å². The highest BCUT2D eigenvalue weighted by molar-refractivity contribution is 5.78. The standard InChI is InChI=1S/C22H25N3O5/c1-5-23-22(27)13-25-18(14-6-9-20(29-3)21(10-14)30-4)12-17(24-25)16-11-15(28-2)7-8-19(16)26/h6-12,26H,5,13H2,1-4H3,(H,23,27). The highest BCUT2D eigenvalue weighted by atomic mass is 16.5. The fourth-order valence-electron chi connectivity index (χ4n) is 3.13. The molecule has 1 aromatic heterocycles. The largest absolute Gasteiger partial charge is 0.507 e. The number of amides is 1. The zero-order valence-electron chi connectivity index (χ0n) is 17.4. The number of phenolic OH excluding ortho intramolecular Hbond substituents is 1. The van der Waals surface area contributed by atoms with Crippen molar-refractivity contribution < 1.29 is 24.1 Å². The van der Waals surface area contributed by atoms with Gasteiger partial charge in [-0.25, -0.2) is 0 Å². The molecule has 3 aromatic rings. The number of nitrogens with zero attached hydrogens (tertiary/aromatic N) is 2. The first-order valence-corrected chi connectivity index (χ1v) is 9.45. The number of nitrogens with one attached hydrogen (secondary N) is 1. The lowest BCUT2D eigenvalue weighted by Gasteiger charge is -2.11. The van der Waals surface area contributed by atoms with Gasteiger partial charge in [0, 0.05) is 17.7 Å². The number of hydrogen-bond donors (Lipinski definition) is 2. The molecule has 0 atom stereocenters. The molecule has 0 radical (unpaired) electrons. The zero-order chi connectivity index (χ0) is 21.7. The summed E-state index contributed by atoms with van der Waals surface area (Å²) in [6.45, 7) is 2.41. The highest BCUT2D eigenvalue weighted by Crippen LogP contribution is 2.36. The van der Waals surface area contributed by atoms with Crippen molar-refractivity contribution in [2.45, 2.75) is 13.5 Å². The molecule has 2 N–H and O–H groups in total. The Bertz CT molecular complexity index is 1050. The van der Waals surface area contributed by atoms with Crippen LogP contribution >= 0.6 is 0 Å². The predicted molar refractivity (Wildman–Crippen MR) is 113 cm³/mol. The molecule has 30 heavy (non-hydrogen) atoms. The summed E-state index contributed by atoms with van der Waals surface area (Å²) in [5, 5.41) is 17.7. The maximum Gasteiger partial charge on any atom is 0.241 e. The zero-order valence-corrected chi connectivity index (χ0v) is 17.4. The summed E-state index contributed by atoms with van der Waals surface area (Å²) in [7, 11) is 4.69. The van der Waals surface area contributed by atoms with Gasteiger partial charge in [-0.15, -0.1) is 0 Å². The SMILES string of the molecule is CCNC(=O)Cn1nc(-c2cc(OC)ccc2O)cc1-c1ccc(OC)c(OC)c1. The number of hydrogen-bond acceptors (Lipinski definition) is 6. The van der Waals surface area contributed by atoms with Crippen LogP contribution in [0.2, 0.25) is 0 Å². The van der Waals surface area contributed by atoms with Crippen molar-refractivity contribution in [1.29, 1.82) is 0 Å². The van der Waals surface area contributed by atoms with Gasteiger partial charge < -0.3 is 24.6 Å². The molecule has 0 bridgehead atoms. The molecule has 1 heterocycles. The first-order chi connectivity index (χ1) is 14.5. The molecule has 2 aromatic carbocycles. The van der Waals surface area contributed by atoms with Crippen LogP contribution in [0.3, 0.4) is 0 Å². The molecule has 8 heteroatoms. The lowest BCUT2D eigenvalue weighted by Crippen LogP contribution is -2.27. The molecule has 8 nitrogen and oxygen atoms in total. The van der Waals surface area contributed by atoms with Gasteiger partial charge in [0.15, 0.2) is 11.5 Å². The minimum atomic E-state index is -0.163. The lowest BCUT2D eigenvalue weighted by atomic mass is 10.1. The van der Waals surface area contributed by atoms with Gasteiger partial charge in [0.25, 0.3) is 0 Å². The third kappa shape index (κ3) is 4.32. The Labute approximate surface area is 175 Å². The highest BCUT2D eigenvalue weighted by Gasteiger charge is 2.18. The van der Waals surface area contributed by atoms with Crippen molar-refractivity contribution in [3.05, 3.63) is 42.5 Å². The summed E-state index contributed by atoms with van der Waals surface area (Å²) >= 11 is 0. The minimum Gasteiger partial charge on any atom is -0.507 e. The number of likely N-dealkylation sites (N-methyl/N-ethyl adjacent to an activating group) is 1. The van der Waals surface area contributed by atoms with E-state index in [-0.39, 0.29) is 18.2 Å². The summed E-state index contributed by atoms with van der Waals surface area (Å²) in [5.41, 5.74) is 2.50. The van der Waals surface area contributed by atoms with Crippen LogP contribution in [0.15, 0.2) is 42.5 Å². The Balaban J connectivity index is 2.13. The van der Waals surface area contributed by atoms with Crippen molar-refractivity contribution in [3.63, 3.8) is 0 Å². The van der Waals surface area contributed by atoms with E-state index in [9.17, 15) is 9.90 Å². The van der Waals surface area contributed by atoms with Gasteiger partial charge in [-0.1, -0.05) is 0 Å². The van der Waals surface area contributed by atoms with E-state index < -0.39 is 0 Å². The van der Waals surface area contributed by atoms with Crippen LogP contribution in [0.4, 0.5) is 0 Å². The first kappa shape index (κ1) is 21.0. The van der Waals surface area contributed by atoms with Gasteiger partial charge in [-0.2, -0.15) is 5.10 Å². The number of aromatic nitrogens is 2. The summed E-state index contributed by atoms with van der Waals surface area (Å²) in [5.74, 6) is 1.66. The van der Waals surface area contributed by atoms with Gasteiger partial charge in [0.2, 0.25) is 5.91 Å². The Morgan fingerprint density at radius 1 is 1.03 bits per heavy atom. The van der Waals surface area contributed by atoms with Gasteiger partial charge >= 0.3 is 0 Å². The molecular weight excluding hydrogens is 386 g/mol. The third-order valence-corrected chi connectivity index (χ3v) is 4.61. The molecule has 1 amide bonds. The number of methoxy groups -OCH3 is 3. The normalized spacial score (nSPS) is 10.5. The maximum absolute atomic E-state index is 12.2. The number of carbonyl (C=O) groups is 1. The van der Waals surface area contributed by atoms with E-state index in [1.54, 1.807) is 50.3 Å². The molecule has 0 aliphatic rings. The molecule has 0 fully saturated rings. The van der Waals surface area contributed by atoms with Crippen LogP contribution in [0, 0.1) is 0 Å². The lowest BCUT2D eigenvalue weighted by molar-refractivity contribution is -0.121. The third-order valence-electron chi connectivity index (χ3n) is 4.61. The molecule has 0 saturated heterocycles. The number of aromatic hydroxyl groups is 1. The van der Waals surface area contributed by atoms with E-state index in [1.165, 1.54) is 0 Å². The van der Waals surface area contributed by atoms with Crippen molar-refractivity contribution in [2.75, 3.05) is 27.9 Å². The van der Waals surface area contributed by atoms with Crippen LogP contribution in [-0.4, -0.2) is 48.7 Å². The molecule has 0 saturated carbocycles. The number of ether oxygens (including phenoxy) is 3. The molecule has 0 aliphatic carbocycles. The second-order valence-electron chi connectivity index (χ2n) is 6.48. The minimum absolute atomic E-state index is 0.0300. The van der Waals surface area contributed by atoms with Crippen LogP contribution in [0.5, 0.6) is 23.0 Å². The topological polar surface area (TPSA) is 94.8 Å². The Hall–Kier alpha value is -3.68. The van der Waals surface area contributed by atoms with Crippen LogP contribution in [-0.2, 0) is 11.3 Å². The van der Waals surface area contributed by atoms with Gasteiger partial charge in [0.05, 0.1) is 32.7 Å². The second-order valence-corrected chi connectivity index (χ2v) is 6.48. The Morgan fingerprint density at radius 3 is 2.47 bits per heavy atom. The molecule has 0 spiro atoms. The summed E-state index contributed by atoms with van der Waals surface area (Å²) in [4.78, 5) is 12.2. The van der Waals surface area contributed by atoms with Crippen molar-refractivity contribution >= 4 is 5.91 Å². The van der Waals surface area contributed by atoms with Crippen LogP contribution in [0.25, 0.3) is 22.5 Å². The maximum atomic E-state index is 12.2. The van der Waals surface area contributed by atoms with E-state index in [4.69, 9.17) is 14.2 Å². The average molecular weight is 411 g/mol. The summed E-state index contributed by atoms with van der Waals surface area (Å²) < 4.78 is 17.6. The van der Waals surface area contributed by atoms with Crippen LogP contribution in [0.1, 0.15) is 6.92 Å². The Morgan fingerprint density at radius 2 is 1.80 bits per heavy atom. The quantitative estimate of drug-likeness (QED) is 0.592. The molecule has 3 rings (SSSR count). The number of benzene rings is 2. The molecule has 0 unspecified atom stereocenters. The number of carbonyl (C=O) groups excluding carboxylic acids is 1. The fraction of sp³-hybridized carbons (Fsp3) is 0.273. The predicted octanol–water partition coefficient (Wildman–Crippen LogP) is 3.08. The molecule has 0 aliphatic heterocycles. The van der Waals surface area contributed by atoms with Crippen molar-refractivity contribution in [2.24, 2.45) is 0 Å². The van der Waals surface area contributed by atoms with Gasteiger partial charge in [0.1, 0.15) is 18.0 Å². The number of rotatable bonds is 8. The van der Waals surface area contributed by atoms with Crippen LogP contribution < -0.4 is 19.5 Å². The van der Waals surface area contributed by atoms with Crippen molar-refractivity contribution in [3.8, 4) is 45.5 Å². The van der Waals surface area contributed by atoms with E-state index in [1.807, 2.05) is 25.1 Å². The van der Waals surface area contributed by atoms with E-state index in [0.717, 1.165) is 5.56 Å². The Kier molecular flexibility index (Phi) is 6.46. The molecule has 158 valence electrons. The fourth-order valence-corrected chi connectivity index (χ4v) is 3.13. The monoisotopic (exact) mass is 411 g/mol. The van der Waals surface area contributed by atoms with Gasteiger partial charge in [-0.3, -0.25) is 9.48 Å². The smallest absolute Gasteiger partial charge is 0.241 e. The second kappa shape index (κ2) is 9.21. The average Bonchev–Trinajstić information content (AvgIpc) is 3.17. The molecular formula is C22H25N3O5. The van der Waals surface area contributed by atoms with E-state index in [2.05, 4.69) is 10.4 Å². The van der Waals surface area contributed by atoms with E-state index in [0.29, 0.717) is 40.7 Å². The summed E-state index contributed by atoms with van der Waals surface area (Å²) in [6.07, 6.45) is 0. The number of phenols is 1. The van der Waals surface area contributed by atoms with Crippen molar-refractivity contribution in [1.82, 2.24) is 15.1 Å². The van der Waals surface area contributed by atoms with E-state index >= 15 is 0 Å². The first-order valence-electron chi connectivity index (χ1n) is 9.45. The summed E-state index contributed by atoms with van der Waals surface area (Å²) in [6, 6.07) is 12.2.